The van der Waals surface area contributed by atoms with Crippen LogP contribution in [0.15, 0.2) is 78.9 Å². The molecule has 8 rings (SSSR count). The molecule has 2 bridgehead atoms. The van der Waals surface area contributed by atoms with E-state index in [1.807, 2.05) is 107 Å². The third-order valence-electron chi connectivity index (χ3n) is 9.62. The van der Waals surface area contributed by atoms with Crippen LogP contribution in [0.1, 0.15) is 27.8 Å². The highest BCUT2D eigenvalue weighted by Gasteiger charge is 2.75. The smallest absolute Gasteiger partial charge is 0.238 e. The SMILES string of the molecule is Cc1ccc(N2C(=O)[C@@H]3[C@@H](C2=O)C2C=CC3(c3ccccc3)[C@H]3C(=O)N(c4ccc(C)cc4C)C(=O)[C@H]23)c(C)c1. The van der Waals surface area contributed by atoms with Crippen LogP contribution < -0.4 is 9.80 Å². The number of imide groups is 2. The summed E-state index contributed by atoms with van der Waals surface area (Å²) in [6.45, 7) is 7.74. The van der Waals surface area contributed by atoms with E-state index in [1.54, 1.807) is 0 Å². The molecule has 1 saturated carbocycles. The van der Waals surface area contributed by atoms with Crippen molar-refractivity contribution in [1.82, 2.24) is 0 Å². The maximum atomic E-state index is 14.4. The summed E-state index contributed by atoms with van der Waals surface area (Å²) < 4.78 is 0. The minimum absolute atomic E-state index is 0.291. The van der Waals surface area contributed by atoms with E-state index in [-0.39, 0.29) is 23.6 Å². The predicted molar refractivity (Wildman–Crippen MR) is 152 cm³/mol. The summed E-state index contributed by atoms with van der Waals surface area (Å²) in [5, 5.41) is 0. The quantitative estimate of drug-likeness (QED) is 0.354. The molecule has 0 N–H and O–H groups in total. The molecule has 2 aliphatic heterocycles. The molecule has 40 heavy (non-hydrogen) atoms. The first-order chi connectivity index (χ1) is 19.2. The van der Waals surface area contributed by atoms with Crippen LogP contribution in [0.25, 0.3) is 0 Å². The van der Waals surface area contributed by atoms with Gasteiger partial charge in [0, 0.05) is 11.3 Å². The molecule has 6 atom stereocenters. The van der Waals surface area contributed by atoms with Crippen molar-refractivity contribution in [1.29, 1.82) is 0 Å². The number of hydrogen-bond donors (Lipinski definition) is 0. The van der Waals surface area contributed by atoms with Gasteiger partial charge in [0.1, 0.15) is 0 Å². The second kappa shape index (κ2) is 8.34. The van der Waals surface area contributed by atoms with E-state index in [0.29, 0.717) is 11.4 Å². The molecule has 6 nitrogen and oxygen atoms in total. The minimum Gasteiger partial charge on any atom is -0.274 e. The summed E-state index contributed by atoms with van der Waals surface area (Å²) in [5.41, 5.74) is 4.54. The molecule has 3 fully saturated rings. The van der Waals surface area contributed by atoms with E-state index in [0.717, 1.165) is 27.8 Å². The standard InChI is InChI=1S/C34H30N2O4/c1-18-10-12-24(20(3)16-18)35-30(37)26-23-14-15-34(28(26)32(35)39,22-8-6-5-7-9-22)29-27(23)31(38)36(33(29)40)25-13-11-19(2)17-21(25)4/h5-17,23,26-29H,1-4H3/t23?,26-,27+,28-,29+,34?. The van der Waals surface area contributed by atoms with E-state index >= 15 is 0 Å². The van der Waals surface area contributed by atoms with Crippen molar-refractivity contribution in [3.8, 4) is 0 Å². The third kappa shape index (κ3) is 2.99. The molecule has 0 aromatic heterocycles. The lowest BCUT2D eigenvalue weighted by Gasteiger charge is -2.53. The van der Waals surface area contributed by atoms with Gasteiger partial charge in [-0.25, -0.2) is 9.80 Å². The zero-order valence-electron chi connectivity index (χ0n) is 22.9. The van der Waals surface area contributed by atoms with Gasteiger partial charge < -0.3 is 0 Å². The number of carbonyl (C=O) groups is 4. The topological polar surface area (TPSA) is 74.8 Å². The molecule has 3 aromatic rings. The van der Waals surface area contributed by atoms with Gasteiger partial charge in [-0.15, -0.1) is 0 Å². The Balaban J connectivity index is 1.43. The van der Waals surface area contributed by atoms with Gasteiger partial charge in [0.2, 0.25) is 23.6 Å². The van der Waals surface area contributed by atoms with Crippen molar-refractivity contribution < 1.29 is 19.2 Å². The largest absolute Gasteiger partial charge is 0.274 e. The van der Waals surface area contributed by atoms with E-state index in [1.165, 1.54) is 9.80 Å². The van der Waals surface area contributed by atoms with Crippen molar-refractivity contribution in [2.24, 2.45) is 29.6 Å². The van der Waals surface area contributed by atoms with Gasteiger partial charge >= 0.3 is 0 Å². The number of anilines is 2. The fourth-order valence-corrected chi connectivity index (χ4v) is 8.07. The van der Waals surface area contributed by atoms with Gasteiger partial charge in [0.05, 0.1) is 35.0 Å². The molecule has 5 aliphatic rings. The zero-order chi connectivity index (χ0) is 28.1. The number of rotatable bonds is 3. The summed E-state index contributed by atoms with van der Waals surface area (Å²) >= 11 is 0. The van der Waals surface area contributed by atoms with Gasteiger partial charge in [-0.1, -0.05) is 77.9 Å². The lowest BCUT2D eigenvalue weighted by molar-refractivity contribution is -0.140. The van der Waals surface area contributed by atoms with Crippen LogP contribution in [0, 0.1) is 57.3 Å². The van der Waals surface area contributed by atoms with Gasteiger partial charge in [0.15, 0.2) is 0 Å². The van der Waals surface area contributed by atoms with Crippen molar-refractivity contribution in [2.75, 3.05) is 9.80 Å². The third-order valence-corrected chi connectivity index (χ3v) is 9.62. The Labute approximate surface area is 233 Å². The highest BCUT2D eigenvalue weighted by atomic mass is 16.2. The van der Waals surface area contributed by atoms with E-state index in [2.05, 4.69) is 0 Å². The van der Waals surface area contributed by atoms with Gasteiger partial charge in [-0.2, -0.15) is 0 Å². The Morgan fingerprint density at radius 3 is 1.52 bits per heavy atom. The van der Waals surface area contributed by atoms with Crippen LogP contribution >= 0.6 is 0 Å². The van der Waals surface area contributed by atoms with Gasteiger partial charge in [0.25, 0.3) is 0 Å². The van der Waals surface area contributed by atoms with E-state index in [4.69, 9.17) is 0 Å². The summed E-state index contributed by atoms with van der Waals surface area (Å²) in [4.78, 5) is 60.0. The lowest BCUT2D eigenvalue weighted by atomic mass is 9.45. The fraction of sp³-hybridized carbons (Fsp3) is 0.294. The maximum absolute atomic E-state index is 14.4. The molecule has 0 radical (unpaired) electrons. The minimum atomic E-state index is -1.12. The molecule has 3 aromatic carbocycles. The molecule has 200 valence electrons. The monoisotopic (exact) mass is 530 g/mol. The Kier molecular flexibility index (Phi) is 5.15. The highest BCUT2D eigenvalue weighted by molar-refractivity contribution is 6.27. The summed E-state index contributed by atoms with van der Waals surface area (Å²) in [6.07, 6.45) is 3.89. The molecule has 2 saturated heterocycles. The van der Waals surface area contributed by atoms with Crippen LogP contribution in [0.4, 0.5) is 11.4 Å². The molecular formula is C34H30N2O4. The number of carbonyl (C=O) groups excluding carboxylic acids is 4. The Morgan fingerprint density at radius 1 is 0.600 bits per heavy atom. The number of allylic oxidation sites excluding steroid dienone is 2. The average Bonchev–Trinajstić information content (AvgIpc) is 3.37. The molecule has 2 heterocycles. The first kappa shape index (κ1) is 24.7. The summed E-state index contributed by atoms with van der Waals surface area (Å²) in [5.74, 6) is -4.75. The zero-order valence-corrected chi connectivity index (χ0v) is 22.9. The molecule has 0 spiro atoms. The molecular weight excluding hydrogens is 500 g/mol. The Bertz CT molecular complexity index is 1580. The Morgan fingerprint density at radius 2 is 1.07 bits per heavy atom. The molecule has 4 amide bonds. The maximum Gasteiger partial charge on any atom is 0.238 e. The van der Waals surface area contributed by atoms with Crippen LogP contribution in [0.2, 0.25) is 0 Å². The number of nitrogens with zero attached hydrogens (tertiary/aromatic N) is 2. The van der Waals surface area contributed by atoms with Gasteiger partial charge in [-0.3, -0.25) is 19.2 Å². The molecule has 6 heteroatoms. The van der Waals surface area contributed by atoms with Crippen LogP contribution in [-0.2, 0) is 24.6 Å². The second-order valence-corrected chi connectivity index (χ2v) is 11.8. The highest BCUT2D eigenvalue weighted by Crippen LogP contribution is 2.65. The fourth-order valence-electron chi connectivity index (χ4n) is 8.07. The Hall–Kier alpha value is -4.32. The second-order valence-electron chi connectivity index (χ2n) is 11.8. The number of amides is 4. The summed E-state index contributed by atoms with van der Waals surface area (Å²) in [6, 6.07) is 20.8. The summed E-state index contributed by atoms with van der Waals surface area (Å²) in [7, 11) is 0. The van der Waals surface area contributed by atoms with Crippen LogP contribution in [0.5, 0.6) is 0 Å². The number of aryl methyl sites for hydroxylation is 4. The van der Waals surface area contributed by atoms with Crippen LogP contribution in [-0.4, -0.2) is 23.6 Å². The van der Waals surface area contributed by atoms with Crippen molar-refractivity contribution in [2.45, 2.75) is 33.1 Å². The van der Waals surface area contributed by atoms with Crippen molar-refractivity contribution in [3.05, 3.63) is 107 Å². The number of hydrogen-bond acceptors (Lipinski definition) is 4. The first-order valence-corrected chi connectivity index (χ1v) is 13.8. The van der Waals surface area contributed by atoms with Crippen LogP contribution in [0.3, 0.4) is 0 Å². The molecule has 2 unspecified atom stereocenters. The van der Waals surface area contributed by atoms with Crippen molar-refractivity contribution >= 4 is 35.0 Å². The van der Waals surface area contributed by atoms with Gasteiger partial charge in [-0.05, 0) is 56.5 Å². The lowest BCUT2D eigenvalue weighted by Crippen LogP contribution is -2.60. The van der Waals surface area contributed by atoms with E-state index in [9.17, 15) is 19.2 Å². The normalized spacial score (nSPS) is 30.4. The number of benzene rings is 3. The molecule has 3 aliphatic carbocycles. The van der Waals surface area contributed by atoms with E-state index < -0.39 is 35.0 Å². The first-order valence-electron chi connectivity index (χ1n) is 13.8. The predicted octanol–water partition coefficient (Wildman–Crippen LogP) is 4.97. The van der Waals surface area contributed by atoms with Crippen molar-refractivity contribution in [3.63, 3.8) is 0 Å². The average molecular weight is 531 g/mol.